The van der Waals surface area contributed by atoms with Gasteiger partial charge in [0.25, 0.3) is 0 Å². The number of ether oxygens (including phenoxy) is 1. The molecule has 0 radical (unpaired) electrons. The lowest BCUT2D eigenvalue weighted by molar-refractivity contribution is -0.144. The number of para-hydroxylation sites is 2. The lowest BCUT2D eigenvalue weighted by Crippen LogP contribution is -2.47. The number of rotatable bonds is 10. The first-order valence-electron chi connectivity index (χ1n) is 12.7. The summed E-state index contributed by atoms with van der Waals surface area (Å²) in [6.07, 6.45) is 5.21. The standard InChI is InChI=1S/C28H32FN5O2/c1-2-3-4-5-8-19-36-28(35)23(20-30)26-27(32-25-10-7-6-9-24(25)31-26)34-17-15-33(16-18-34)22-13-11-21(29)12-14-22/h6-7,9-14,23H,2-5,8,15-19H2,1H3. The highest BCUT2D eigenvalue weighted by atomic mass is 19.1. The van der Waals surface area contributed by atoms with Gasteiger partial charge < -0.3 is 14.5 Å². The smallest absolute Gasteiger partial charge is 0.329 e. The number of aromatic nitrogens is 2. The van der Waals surface area contributed by atoms with Crippen LogP contribution in [0.1, 0.15) is 50.6 Å². The minimum atomic E-state index is -1.15. The Hall–Kier alpha value is -3.73. The van der Waals surface area contributed by atoms with E-state index in [-0.39, 0.29) is 5.82 Å². The number of benzene rings is 2. The van der Waals surface area contributed by atoms with Gasteiger partial charge in [-0.15, -0.1) is 0 Å². The third kappa shape index (κ3) is 6.09. The lowest BCUT2D eigenvalue weighted by atomic mass is 10.1. The van der Waals surface area contributed by atoms with Crippen LogP contribution in [0.25, 0.3) is 11.0 Å². The molecule has 1 unspecified atom stereocenters. The van der Waals surface area contributed by atoms with Crippen molar-refractivity contribution in [1.82, 2.24) is 9.97 Å². The van der Waals surface area contributed by atoms with E-state index in [4.69, 9.17) is 14.7 Å². The SMILES string of the molecule is CCCCCCCOC(=O)C(C#N)c1nc2ccccc2nc1N1CCN(c2ccc(F)cc2)CC1. The van der Waals surface area contributed by atoms with Crippen LogP contribution in [0.4, 0.5) is 15.9 Å². The molecule has 0 bridgehead atoms. The highest BCUT2D eigenvalue weighted by Gasteiger charge is 2.31. The van der Waals surface area contributed by atoms with E-state index < -0.39 is 11.9 Å². The van der Waals surface area contributed by atoms with E-state index in [2.05, 4.69) is 22.8 Å². The van der Waals surface area contributed by atoms with Crippen LogP contribution in [0.2, 0.25) is 0 Å². The maximum absolute atomic E-state index is 13.3. The van der Waals surface area contributed by atoms with E-state index in [0.29, 0.717) is 55.3 Å². The fraction of sp³-hybridized carbons (Fsp3) is 0.429. The molecular formula is C28H32FN5O2. The molecule has 1 aliphatic rings. The molecule has 1 atom stereocenters. The van der Waals surface area contributed by atoms with Gasteiger partial charge in [0.1, 0.15) is 11.5 Å². The van der Waals surface area contributed by atoms with Crippen molar-refractivity contribution in [3.05, 3.63) is 60.0 Å². The molecule has 8 heteroatoms. The zero-order valence-electron chi connectivity index (χ0n) is 20.7. The topological polar surface area (TPSA) is 82.3 Å². The second kappa shape index (κ2) is 12.3. The van der Waals surface area contributed by atoms with Crippen LogP contribution in [-0.4, -0.2) is 48.7 Å². The molecule has 4 rings (SSSR count). The number of nitrogens with zero attached hydrogens (tertiary/aromatic N) is 5. The third-order valence-electron chi connectivity index (χ3n) is 6.48. The Balaban J connectivity index is 1.52. The van der Waals surface area contributed by atoms with Gasteiger partial charge in [-0.2, -0.15) is 5.26 Å². The van der Waals surface area contributed by atoms with Crippen molar-refractivity contribution in [2.24, 2.45) is 0 Å². The average Bonchev–Trinajstić information content (AvgIpc) is 2.91. The highest BCUT2D eigenvalue weighted by Crippen LogP contribution is 2.29. The molecule has 1 saturated heterocycles. The third-order valence-corrected chi connectivity index (χ3v) is 6.48. The molecule has 1 aliphatic heterocycles. The Labute approximate surface area is 211 Å². The van der Waals surface area contributed by atoms with Crippen molar-refractivity contribution in [2.45, 2.75) is 44.9 Å². The number of carbonyl (C=O) groups excluding carboxylic acids is 1. The highest BCUT2D eigenvalue weighted by molar-refractivity contribution is 5.85. The van der Waals surface area contributed by atoms with E-state index in [9.17, 15) is 14.4 Å². The summed E-state index contributed by atoms with van der Waals surface area (Å²) < 4.78 is 18.8. The van der Waals surface area contributed by atoms with Crippen LogP contribution in [0.3, 0.4) is 0 Å². The van der Waals surface area contributed by atoms with Gasteiger partial charge in [0.05, 0.1) is 23.7 Å². The molecule has 1 aromatic heterocycles. The van der Waals surface area contributed by atoms with E-state index in [0.717, 1.165) is 31.4 Å². The zero-order valence-corrected chi connectivity index (χ0v) is 20.7. The molecule has 3 aromatic rings. The summed E-state index contributed by atoms with van der Waals surface area (Å²) in [7, 11) is 0. The number of fused-ring (bicyclic) bond motifs is 1. The first kappa shape index (κ1) is 25.4. The fourth-order valence-corrected chi connectivity index (χ4v) is 4.45. The maximum atomic E-state index is 13.3. The van der Waals surface area contributed by atoms with Gasteiger partial charge in [-0.1, -0.05) is 44.7 Å². The number of halogens is 1. The normalized spacial score (nSPS) is 14.5. The molecule has 2 heterocycles. The number of carbonyl (C=O) groups is 1. The largest absolute Gasteiger partial charge is 0.464 e. The van der Waals surface area contributed by atoms with Crippen LogP contribution in [0, 0.1) is 17.1 Å². The predicted octanol–water partition coefficient (Wildman–Crippen LogP) is 5.22. The maximum Gasteiger partial charge on any atom is 0.329 e. The van der Waals surface area contributed by atoms with Crippen LogP contribution >= 0.6 is 0 Å². The summed E-state index contributed by atoms with van der Waals surface area (Å²) in [6, 6.07) is 16.0. The van der Waals surface area contributed by atoms with Crippen molar-refractivity contribution in [3.63, 3.8) is 0 Å². The molecule has 0 N–H and O–H groups in total. The predicted molar refractivity (Wildman–Crippen MR) is 138 cm³/mol. The van der Waals surface area contributed by atoms with Gasteiger partial charge >= 0.3 is 5.97 Å². The van der Waals surface area contributed by atoms with Gasteiger partial charge in [-0.3, -0.25) is 4.79 Å². The minimum Gasteiger partial charge on any atom is -0.464 e. The first-order valence-corrected chi connectivity index (χ1v) is 12.7. The van der Waals surface area contributed by atoms with Crippen molar-refractivity contribution in [1.29, 1.82) is 5.26 Å². The molecule has 7 nitrogen and oxygen atoms in total. The van der Waals surface area contributed by atoms with Gasteiger partial charge in [0.15, 0.2) is 11.7 Å². The Kier molecular flexibility index (Phi) is 8.66. The monoisotopic (exact) mass is 489 g/mol. The summed E-state index contributed by atoms with van der Waals surface area (Å²) in [5.41, 5.74) is 2.63. The Morgan fingerprint density at radius 2 is 1.61 bits per heavy atom. The van der Waals surface area contributed by atoms with Gasteiger partial charge in [0, 0.05) is 31.9 Å². The lowest BCUT2D eigenvalue weighted by Gasteiger charge is -2.37. The molecule has 1 fully saturated rings. The molecule has 0 spiro atoms. The number of esters is 1. The number of unbranched alkanes of at least 4 members (excludes halogenated alkanes) is 4. The molecule has 0 amide bonds. The molecule has 0 saturated carbocycles. The van der Waals surface area contributed by atoms with Crippen molar-refractivity contribution in [2.75, 3.05) is 42.6 Å². The Bertz CT molecular complexity index is 1200. The summed E-state index contributed by atoms with van der Waals surface area (Å²) in [4.78, 5) is 26.7. The van der Waals surface area contributed by atoms with Crippen LogP contribution in [-0.2, 0) is 9.53 Å². The number of anilines is 2. The Morgan fingerprint density at radius 1 is 0.972 bits per heavy atom. The second-order valence-electron chi connectivity index (χ2n) is 9.02. The quantitative estimate of drug-likeness (QED) is 0.285. The van der Waals surface area contributed by atoms with Crippen LogP contribution < -0.4 is 9.80 Å². The molecule has 0 aliphatic carbocycles. The molecule has 2 aromatic carbocycles. The molecular weight excluding hydrogens is 457 g/mol. The van der Waals surface area contributed by atoms with Crippen LogP contribution in [0.15, 0.2) is 48.5 Å². The van der Waals surface area contributed by atoms with Gasteiger partial charge in [0.2, 0.25) is 0 Å². The van der Waals surface area contributed by atoms with Crippen LogP contribution in [0.5, 0.6) is 0 Å². The summed E-state index contributed by atoms with van der Waals surface area (Å²) in [5.74, 6) is -1.45. The van der Waals surface area contributed by atoms with E-state index in [1.54, 1.807) is 12.1 Å². The summed E-state index contributed by atoms with van der Waals surface area (Å²) >= 11 is 0. The van der Waals surface area contributed by atoms with Crippen molar-refractivity contribution >= 4 is 28.5 Å². The molecule has 36 heavy (non-hydrogen) atoms. The van der Waals surface area contributed by atoms with E-state index >= 15 is 0 Å². The Morgan fingerprint density at radius 3 is 2.28 bits per heavy atom. The van der Waals surface area contributed by atoms with Crippen molar-refractivity contribution in [3.8, 4) is 6.07 Å². The van der Waals surface area contributed by atoms with Gasteiger partial charge in [-0.25, -0.2) is 14.4 Å². The second-order valence-corrected chi connectivity index (χ2v) is 9.02. The number of nitriles is 1. The number of hydrogen-bond acceptors (Lipinski definition) is 7. The first-order chi connectivity index (χ1) is 17.6. The minimum absolute atomic E-state index is 0.260. The molecule has 188 valence electrons. The average molecular weight is 490 g/mol. The van der Waals surface area contributed by atoms with E-state index in [1.165, 1.54) is 18.6 Å². The summed E-state index contributed by atoms with van der Waals surface area (Å²) in [5, 5.41) is 9.95. The number of piperazine rings is 1. The number of hydrogen-bond donors (Lipinski definition) is 0. The van der Waals surface area contributed by atoms with Gasteiger partial charge in [-0.05, 0) is 42.8 Å². The fourth-order valence-electron chi connectivity index (χ4n) is 4.45. The summed E-state index contributed by atoms with van der Waals surface area (Å²) in [6.45, 7) is 5.10. The zero-order chi connectivity index (χ0) is 25.3. The van der Waals surface area contributed by atoms with Crippen molar-refractivity contribution < 1.29 is 13.9 Å². The van der Waals surface area contributed by atoms with E-state index in [1.807, 2.05) is 24.3 Å².